The van der Waals surface area contributed by atoms with Gasteiger partial charge in [0.05, 0.1) is 28.0 Å². The summed E-state index contributed by atoms with van der Waals surface area (Å²) in [7, 11) is 0. The van der Waals surface area contributed by atoms with Gasteiger partial charge in [0.25, 0.3) is 5.91 Å². The van der Waals surface area contributed by atoms with E-state index in [-0.39, 0.29) is 10.8 Å². The number of anilines is 1. The van der Waals surface area contributed by atoms with E-state index in [9.17, 15) is 9.18 Å². The molecular weight excluding hydrogens is 476 g/mol. The van der Waals surface area contributed by atoms with Crippen LogP contribution in [0.1, 0.15) is 27.0 Å². The zero-order valence-corrected chi connectivity index (χ0v) is 19.6. The lowest BCUT2D eigenvalue weighted by Gasteiger charge is -2.25. The first-order valence-electron chi connectivity index (χ1n) is 10.3. The number of nitrogens with one attached hydrogen (secondary N) is 1. The van der Waals surface area contributed by atoms with Crippen LogP contribution in [0.5, 0.6) is 0 Å². The molecule has 0 atom stereocenters. The monoisotopic (exact) mass is 495 g/mol. The molecule has 6 nitrogen and oxygen atoms in total. The average molecular weight is 496 g/mol. The summed E-state index contributed by atoms with van der Waals surface area (Å²) < 4.78 is 13.8. The summed E-state index contributed by atoms with van der Waals surface area (Å²) in [6.45, 7) is 2.16. The van der Waals surface area contributed by atoms with Crippen molar-refractivity contribution in [3.63, 3.8) is 0 Å². The number of carbonyl (C=O) groups is 1. The van der Waals surface area contributed by atoms with Crippen molar-refractivity contribution in [2.24, 2.45) is 10.8 Å². The molecule has 2 aromatic carbocycles. The summed E-state index contributed by atoms with van der Waals surface area (Å²) >= 11 is 12.0. The summed E-state index contributed by atoms with van der Waals surface area (Å²) in [6.07, 6.45) is 6.99. The number of aryl methyl sites for hydroxylation is 1. The second kappa shape index (κ2) is 10.1. The number of carbonyl (C=O) groups excluding carboxylic acids is 1. The molecule has 9 heteroatoms. The van der Waals surface area contributed by atoms with Crippen LogP contribution in [0.25, 0.3) is 11.4 Å². The van der Waals surface area contributed by atoms with Gasteiger partial charge in [-0.15, -0.1) is 0 Å². The molecule has 1 amide bonds. The fourth-order valence-electron chi connectivity index (χ4n) is 3.40. The van der Waals surface area contributed by atoms with E-state index in [4.69, 9.17) is 28.9 Å². The van der Waals surface area contributed by atoms with Gasteiger partial charge >= 0.3 is 0 Å². The van der Waals surface area contributed by atoms with Crippen LogP contribution in [0.4, 0.5) is 10.2 Å². The van der Waals surface area contributed by atoms with E-state index in [0.717, 1.165) is 0 Å². The standard InChI is InChI=1S/C25H20Cl2FN5O/c1-15-12-16(5-7-21(15)28)23(29)24(33-11-3-2-9-31-33)17-8-10-30-22(14-17)32-25(34)18-4-6-19(26)20(27)13-18/h2-10,12-14H,11,29H2,1H3,(H,30,32,34)/b24-23-. The molecule has 0 spiro atoms. The Hall–Kier alpha value is -3.68. The number of halogens is 3. The first-order chi connectivity index (χ1) is 16.3. The Morgan fingerprint density at radius 3 is 2.56 bits per heavy atom. The van der Waals surface area contributed by atoms with Crippen molar-refractivity contribution < 1.29 is 9.18 Å². The molecule has 0 saturated carbocycles. The Bertz CT molecular complexity index is 1350. The van der Waals surface area contributed by atoms with E-state index >= 15 is 0 Å². The van der Waals surface area contributed by atoms with Crippen LogP contribution < -0.4 is 11.1 Å². The first kappa shape index (κ1) is 23.5. The van der Waals surface area contributed by atoms with Crippen LogP contribution in [0.2, 0.25) is 10.0 Å². The predicted molar refractivity (Wildman–Crippen MR) is 135 cm³/mol. The highest BCUT2D eigenvalue weighted by molar-refractivity contribution is 6.42. The van der Waals surface area contributed by atoms with Gasteiger partial charge in [-0.3, -0.25) is 9.80 Å². The van der Waals surface area contributed by atoms with Gasteiger partial charge in [0.1, 0.15) is 11.6 Å². The number of hydrogen-bond acceptors (Lipinski definition) is 5. The van der Waals surface area contributed by atoms with Crippen molar-refractivity contribution in [2.45, 2.75) is 6.92 Å². The Kier molecular flexibility index (Phi) is 6.95. The minimum absolute atomic E-state index is 0.277. The number of allylic oxidation sites excluding steroid dienone is 1. The molecule has 0 aliphatic carbocycles. The number of benzene rings is 2. The molecule has 1 aromatic heterocycles. The topological polar surface area (TPSA) is 83.6 Å². The highest BCUT2D eigenvalue weighted by Crippen LogP contribution is 2.29. The number of pyridine rings is 1. The number of hydrazone groups is 1. The maximum atomic E-state index is 13.8. The summed E-state index contributed by atoms with van der Waals surface area (Å²) in [5.41, 5.74) is 9.72. The molecular formula is C25H20Cl2FN5O. The van der Waals surface area contributed by atoms with Crippen molar-refractivity contribution >= 4 is 52.5 Å². The van der Waals surface area contributed by atoms with E-state index in [0.29, 0.717) is 51.0 Å². The van der Waals surface area contributed by atoms with Gasteiger partial charge in [-0.25, -0.2) is 9.37 Å². The van der Waals surface area contributed by atoms with Crippen molar-refractivity contribution in [1.82, 2.24) is 9.99 Å². The minimum atomic E-state index is -0.394. The van der Waals surface area contributed by atoms with Crippen LogP contribution in [0, 0.1) is 12.7 Å². The highest BCUT2D eigenvalue weighted by atomic mass is 35.5. The number of amides is 1. The third kappa shape index (κ3) is 5.11. The fourth-order valence-corrected chi connectivity index (χ4v) is 3.70. The molecule has 34 heavy (non-hydrogen) atoms. The average Bonchev–Trinajstić information content (AvgIpc) is 2.83. The maximum absolute atomic E-state index is 13.8. The van der Waals surface area contributed by atoms with E-state index in [1.807, 2.05) is 12.2 Å². The van der Waals surface area contributed by atoms with E-state index < -0.39 is 5.91 Å². The number of nitrogens with zero attached hydrogens (tertiary/aromatic N) is 3. The molecule has 0 unspecified atom stereocenters. The summed E-state index contributed by atoms with van der Waals surface area (Å²) in [4.78, 5) is 17.0. The Morgan fingerprint density at radius 2 is 1.85 bits per heavy atom. The number of rotatable bonds is 5. The lowest BCUT2D eigenvalue weighted by atomic mass is 10.0. The summed E-state index contributed by atoms with van der Waals surface area (Å²) in [5, 5.41) is 9.55. The first-order valence-corrected chi connectivity index (χ1v) is 11.0. The highest BCUT2D eigenvalue weighted by Gasteiger charge is 2.19. The molecule has 3 aromatic rings. The Balaban J connectivity index is 1.72. The lowest BCUT2D eigenvalue weighted by molar-refractivity contribution is 0.102. The SMILES string of the molecule is Cc1cc(/C(N)=C(\c2ccnc(NC(=O)c3ccc(Cl)c(Cl)c3)c2)N2CC=CC=N2)ccc1F. The second-order valence-corrected chi connectivity index (χ2v) is 8.33. The molecule has 4 rings (SSSR count). The van der Waals surface area contributed by atoms with Crippen LogP contribution in [0.15, 0.2) is 72.0 Å². The number of aromatic nitrogens is 1. The van der Waals surface area contributed by atoms with E-state index in [1.165, 1.54) is 12.1 Å². The number of nitrogens with two attached hydrogens (primary N) is 1. The maximum Gasteiger partial charge on any atom is 0.256 e. The van der Waals surface area contributed by atoms with Crippen molar-refractivity contribution in [3.8, 4) is 0 Å². The smallest absolute Gasteiger partial charge is 0.256 e. The predicted octanol–water partition coefficient (Wildman–Crippen LogP) is 5.73. The van der Waals surface area contributed by atoms with Gasteiger partial charge in [0.15, 0.2) is 0 Å². The van der Waals surface area contributed by atoms with Crippen LogP contribution in [-0.4, -0.2) is 28.7 Å². The normalized spacial score (nSPS) is 13.6. The lowest BCUT2D eigenvalue weighted by Crippen LogP contribution is -2.22. The Morgan fingerprint density at radius 1 is 1.06 bits per heavy atom. The molecule has 3 N–H and O–H groups in total. The summed E-state index contributed by atoms with van der Waals surface area (Å²) in [5.74, 6) is -0.395. The van der Waals surface area contributed by atoms with Crippen molar-refractivity contribution in [1.29, 1.82) is 0 Å². The Labute approximate surface area is 206 Å². The minimum Gasteiger partial charge on any atom is -0.396 e. The molecule has 0 radical (unpaired) electrons. The van der Waals surface area contributed by atoms with Crippen LogP contribution in [-0.2, 0) is 0 Å². The van der Waals surface area contributed by atoms with Gasteiger partial charge in [0.2, 0.25) is 0 Å². The number of hydrogen-bond donors (Lipinski definition) is 2. The zero-order valence-electron chi connectivity index (χ0n) is 18.1. The van der Waals surface area contributed by atoms with Crippen molar-refractivity contribution in [2.75, 3.05) is 11.9 Å². The molecule has 172 valence electrons. The fraction of sp³-hybridized carbons (Fsp3) is 0.0800. The van der Waals surface area contributed by atoms with Crippen LogP contribution >= 0.6 is 23.2 Å². The molecule has 0 fully saturated rings. The summed E-state index contributed by atoms with van der Waals surface area (Å²) in [6, 6.07) is 12.8. The quantitative estimate of drug-likeness (QED) is 0.473. The molecule has 2 heterocycles. The van der Waals surface area contributed by atoms with Gasteiger partial charge in [0, 0.05) is 29.1 Å². The molecule has 1 aliphatic rings. The van der Waals surface area contributed by atoms with Gasteiger partial charge in [-0.05, 0) is 67.1 Å². The third-order valence-corrected chi connectivity index (χ3v) is 5.88. The molecule has 0 bridgehead atoms. The molecule has 0 saturated heterocycles. The van der Waals surface area contributed by atoms with Gasteiger partial charge in [-0.1, -0.05) is 29.3 Å². The molecule has 1 aliphatic heterocycles. The van der Waals surface area contributed by atoms with E-state index in [2.05, 4.69) is 15.4 Å². The second-order valence-electron chi connectivity index (χ2n) is 7.51. The van der Waals surface area contributed by atoms with Crippen molar-refractivity contribution in [3.05, 3.63) is 105 Å². The van der Waals surface area contributed by atoms with Gasteiger partial charge < -0.3 is 11.1 Å². The zero-order chi connectivity index (χ0) is 24.2. The van der Waals surface area contributed by atoms with E-state index in [1.54, 1.807) is 60.7 Å². The third-order valence-electron chi connectivity index (χ3n) is 5.15. The largest absolute Gasteiger partial charge is 0.396 e. The van der Waals surface area contributed by atoms with Gasteiger partial charge in [-0.2, -0.15) is 5.10 Å². The van der Waals surface area contributed by atoms with Crippen LogP contribution in [0.3, 0.4) is 0 Å².